The van der Waals surface area contributed by atoms with Crippen molar-refractivity contribution in [1.29, 1.82) is 0 Å². The average Bonchev–Trinajstić information content (AvgIpc) is 2.83. The summed E-state index contributed by atoms with van der Waals surface area (Å²) in [5.41, 5.74) is 7.16. The molecule has 0 bridgehead atoms. The predicted octanol–water partition coefficient (Wildman–Crippen LogP) is 1.28. The van der Waals surface area contributed by atoms with E-state index in [2.05, 4.69) is 10.2 Å². The molecule has 0 fully saturated rings. The minimum atomic E-state index is -1.14. The molecular formula is C13H14N4O3. The number of aromatic carboxylic acids is 1. The number of hydrogen-bond acceptors (Lipinski definition) is 4. The van der Waals surface area contributed by atoms with Gasteiger partial charge in [0, 0.05) is 18.4 Å². The topological polar surface area (TPSA) is 112 Å². The van der Waals surface area contributed by atoms with Gasteiger partial charge in [0.1, 0.15) is 0 Å². The molecule has 7 heteroatoms. The third-order valence-electron chi connectivity index (χ3n) is 2.98. The van der Waals surface area contributed by atoms with Crippen molar-refractivity contribution in [2.45, 2.75) is 6.92 Å². The fourth-order valence-electron chi connectivity index (χ4n) is 1.87. The summed E-state index contributed by atoms with van der Waals surface area (Å²) < 4.78 is 0. The summed E-state index contributed by atoms with van der Waals surface area (Å²) in [5.74, 6) is -1.49. The Balaban J connectivity index is 2.44. The summed E-state index contributed by atoms with van der Waals surface area (Å²) in [5, 5.41) is 15.6. The van der Waals surface area contributed by atoms with Crippen molar-refractivity contribution < 1.29 is 14.7 Å². The van der Waals surface area contributed by atoms with E-state index < -0.39 is 5.97 Å². The number of carbonyl (C=O) groups is 2. The summed E-state index contributed by atoms with van der Waals surface area (Å²) in [6.45, 7) is 1.72. The molecule has 0 radical (unpaired) electrons. The number of carbonyl (C=O) groups excluding carboxylic acids is 1. The molecule has 1 aromatic carbocycles. The lowest BCUT2D eigenvalue weighted by Gasteiger charge is -2.19. The van der Waals surface area contributed by atoms with Crippen LogP contribution in [0, 0.1) is 6.92 Å². The van der Waals surface area contributed by atoms with E-state index in [0.29, 0.717) is 16.9 Å². The van der Waals surface area contributed by atoms with Crippen molar-refractivity contribution in [1.82, 2.24) is 10.2 Å². The van der Waals surface area contributed by atoms with Gasteiger partial charge in [0.15, 0.2) is 0 Å². The van der Waals surface area contributed by atoms with E-state index in [9.17, 15) is 14.7 Å². The number of amides is 1. The molecule has 104 valence electrons. The number of nitrogens with zero attached hydrogens (tertiary/aromatic N) is 2. The molecule has 4 N–H and O–H groups in total. The van der Waals surface area contributed by atoms with Crippen molar-refractivity contribution in [2.75, 3.05) is 17.7 Å². The van der Waals surface area contributed by atoms with Crippen LogP contribution in [0.2, 0.25) is 0 Å². The number of nitrogens with one attached hydrogen (secondary N) is 1. The van der Waals surface area contributed by atoms with Crippen molar-refractivity contribution in [3.63, 3.8) is 0 Å². The van der Waals surface area contributed by atoms with Gasteiger partial charge in [-0.1, -0.05) is 0 Å². The number of anilines is 2. The number of aromatic nitrogens is 2. The van der Waals surface area contributed by atoms with Crippen LogP contribution >= 0.6 is 0 Å². The predicted molar refractivity (Wildman–Crippen MR) is 73.9 cm³/mol. The first-order valence-electron chi connectivity index (χ1n) is 5.82. The Bertz CT molecular complexity index is 678. The summed E-state index contributed by atoms with van der Waals surface area (Å²) in [6.07, 6.45) is 1.41. The van der Waals surface area contributed by atoms with E-state index in [1.54, 1.807) is 13.0 Å². The highest BCUT2D eigenvalue weighted by atomic mass is 16.4. The molecular weight excluding hydrogens is 260 g/mol. The minimum absolute atomic E-state index is 0.0259. The Morgan fingerprint density at radius 3 is 2.60 bits per heavy atom. The van der Waals surface area contributed by atoms with Gasteiger partial charge in [0.25, 0.3) is 5.91 Å². The van der Waals surface area contributed by atoms with Gasteiger partial charge in [-0.15, -0.1) is 0 Å². The Morgan fingerprint density at radius 1 is 1.35 bits per heavy atom. The van der Waals surface area contributed by atoms with Gasteiger partial charge >= 0.3 is 5.97 Å². The maximum atomic E-state index is 12.3. The molecule has 1 aromatic heterocycles. The van der Waals surface area contributed by atoms with Gasteiger partial charge in [-0.05, 0) is 25.1 Å². The number of carboxylic acids is 1. The number of nitrogens with two attached hydrogens (primary N) is 1. The van der Waals surface area contributed by atoms with Crippen LogP contribution in [0.25, 0.3) is 0 Å². The van der Waals surface area contributed by atoms with Crippen LogP contribution in [0.15, 0.2) is 24.4 Å². The van der Waals surface area contributed by atoms with E-state index in [0.717, 1.165) is 0 Å². The fourth-order valence-corrected chi connectivity index (χ4v) is 1.87. The van der Waals surface area contributed by atoms with Crippen LogP contribution in [0.3, 0.4) is 0 Å². The van der Waals surface area contributed by atoms with E-state index in [4.69, 9.17) is 5.73 Å². The molecule has 2 rings (SSSR count). The van der Waals surface area contributed by atoms with Gasteiger partial charge in [0.05, 0.1) is 23.0 Å². The molecule has 0 atom stereocenters. The quantitative estimate of drug-likeness (QED) is 0.730. The standard InChI is InChI=1S/C13H14N4O3/c1-7-10(6-15-16-7)12(18)17(2)11-4-3-8(14)5-9(11)13(19)20/h3-6H,14H2,1-2H3,(H,15,16)(H,19,20). The lowest BCUT2D eigenvalue weighted by molar-refractivity contribution is 0.0698. The second-order valence-electron chi connectivity index (χ2n) is 4.35. The molecule has 7 nitrogen and oxygen atoms in total. The highest BCUT2D eigenvalue weighted by Gasteiger charge is 2.21. The lowest BCUT2D eigenvalue weighted by Crippen LogP contribution is -2.28. The Kier molecular flexibility index (Phi) is 3.43. The molecule has 2 aromatic rings. The normalized spacial score (nSPS) is 10.3. The van der Waals surface area contributed by atoms with Gasteiger partial charge in [-0.25, -0.2) is 4.79 Å². The molecule has 1 heterocycles. The second kappa shape index (κ2) is 5.04. The number of nitrogen functional groups attached to an aromatic ring is 1. The molecule has 0 saturated heterocycles. The smallest absolute Gasteiger partial charge is 0.337 e. The van der Waals surface area contributed by atoms with Crippen molar-refractivity contribution in [2.24, 2.45) is 0 Å². The highest BCUT2D eigenvalue weighted by Crippen LogP contribution is 2.24. The van der Waals surface area contributed by atoms with Gasteiger partial charge in [-0.3, -0.25) is 9.89 Å². The number of benzene rings is 1. The number of aryl methyl sites for hydroxylation is 1. The van der Waals surface area contributed by atoms with Gasteiger partial charge in [0.2, 0.25) is 0 Å². The number of aromatic amines is 1. The molecule has 0 aliphatic rings. The fraction of sp³-hybridized carbons (Fsp3) is 0.154. The Morgan fingerprint density at radius 2 is 2.05 bits per heavy atom. The Labute approximate surface area is 115 Å². The van der Waals surface area contributed by atoms with E-state index in [1.165, 1.54) is 30.3 Å². The zero-order chi connectivity index (χ0) is 14.9. The van der Waals surface area contributed by atoms with Crippen LogP contribution in [0.5, 0.6) is 0 Å². The van der Waals surface area contributed by atoms with Crippen molar-refractivity contribution in [3.8, 4) is 0 Å². The number of rotatable bonds is 3. The zero-order valence-corrected chi connectivity index (χ0v) is 11.0. The maximum Gasteiger partial charge on any atom is 0.337 e. The number of carboxylic acid groups (broad SMARTS) is 1. The largest absolute Gasteiger partial charge is 0.478 e. The van der Waals surface area contributed by atoms with E-state index in [1.807, 2.05) is 0 Å². The molecule has 0 unspecified atom stereocenters. The minimum Gasteiger partial charge on any atom is -0.478 e. The molecule has 0 spiro atoms. The summed E-state index contributed by atoms with van der Waals surface area (Å²) in [6, 6.07) is 4.38. The van der Waals surface area contributed by atoms with Crippen LogP contribution in [0.1, 0.15) is 26.4 Å². The molecule has 0 saturated carbocycles. The monoisotopic (exact) mass is 274 g/mol. The molecule has 20 heavy (non-hydrogen) atoms. The maximum absolute atomic E-state index is 12.3. The third-order valence-corrected chi connectivity index (χ3v) is 2.98. The first-order chi connectivity index (χ1) is 9.41. The number of hydrogen-bond donors (Lipinski definition) is 3. The first-order valence-corrected chi connectivity index (χ1v) is 5.82. The second-order valence-corrected chi connectivity index (χ2v) is 4.35. The average molecular weight is 274 g/mol. The summed E-state index contributed by atoms with van der Waals surface area (Å²) in [7, 11) is 1.51. The highest BCUT2D eigenvalue weighted by molar-refractivity contribution is 6.09. The lowest BCUT2D eigenvalue weighted by atomic mass is 10.1. The summed E-state index contributed by atoms with van der Waals surface area (Å²) in [4.78, 5) is 24.8. The zero-order valence-electron chi connectivity index (χ0n) is 11.0. The van der Waals surface area contributed by atoms with E-state index >= 15 is 0 Å². The van der Waals surface area contributed by atoms with Crippen LogP contribution < -0.4 is 10.6 Å². The van der Waals surface area contributed by atoms with E-state index in [-0.39, 0.29) is 17.2 Å². The van der Waals surface area contributed by atoms with Gasteiger partial charge < -0.3 is 15.7 Å². The third kappa shape index (κ3) is 2.33. The SMILES string of the molecule is Cc1[nH]ncc1C(=O)N(C)c1ccc(N)cc1C(=O)O. The molecule has 1 amide bonds. The van der Waals surface area contributed by atoms with Gasteiger partial charge in [-0.2, -0.15) is 5.10 Å². The molecule has 0 aliphatic heterocycles. The summed E-state index contributed by atoms with van der Waals surface area (Å²) >= 11 is 0. The first kappa shape index (κ1) is 13.6. The van der Waals surface area contributed by atoms with Crippen LogP contribution in [0.4, 0.5) is 11.4 Å². The number of H-pyrrole nitrogens is 1. The Hall–Kier alpha value is -2.83. The van der Waals surface area contributed by atoms with Crippen LogP contribution in [-0.2, 0) is 0 Å². The van der Waals surface area contributed by atoms with Crippen molar-refractivity contribution >= 4 is 23.3 Å². The van der Waals surface area contributed by atoms with Crippen LogP contribution in [-0.4, -0.2) is 34.2 Å². The molecule has 0 aliphatic carbocycles. The van der Waals surface area contributed by atoms with Crippen molar-refractivity contribution in [3.05, 3.63) is 41.2 Å².